The molecule has 1 heterocycles. The van der Waals surface area contributed by atoms with Crippen molar-refractivity contribution in [3.05, 3.63) is 28.8 Å². The Labute approximate surface area is 146 Å². The van der Waals surface area contributed by atoms with E-state index in [0.717, 1.165) is 24.9 Å². The molecule has 132 valence electrons. The number of amides is 2. The van der Waals surface area contributed by atoms with E-state index in [9.17, 15) is 4.79 Å². The predicted molar refractivity (Wildman–Crippen MR) is 101 cm³/mol. The molecule has 1 fully saturated rings. The van der Waals surface area contributed by atoms with Crippen LogP contribution in [0.4, 0.5) is 10.5 Å². The van der Waals surface area contributed by atoms with Gasteiger partial charge in [0.2, 0.25) is 0 Å². The fraction of sp³-hybridized carbons (Fsp3) is 0.667. The van der Waals surface area contributed by atoms with Crippen LogP contribution in [0.5, 0.6) is 0 Å². The Hall–Kier alpha value is -1.51. The predicted octanol–water partition coefficient (Wildman–Crippen LogP) is 5.44. The fourth-order valence-electron chi connectivity index (χ4n) is 4.79. The molecule has 2 aliphatic rings. The topological polar surface area (TPSA) is 32.3 Å². The second-order valence-corrected chi connectivity index (χ2v) is 8.56. The summed E-state index contributed by atoms with van der Waals surface area (Å²) in [6.45, 7) is 11.0. The van der Waals surface area contributed by atoms with Gasteiger partial charge in [0.15, 0.2) is 0 Å². The van der Waals surface area contributed by atoms with Gasteiger partial charge in [0.25, 0.3) is 0 Å². The van der Waals surface area contributed by atoms with Gasteiger partial charge in [0.1, 0.15) is 0 Å². The number of aryl methyl sites for hydroxylation is 2. The van der Waals surface area contributed by atoms with Crippen molar-refractivity contribution in [1.82, 2.24) is 5.32 Å². The van der Waals surface area contributed by atoms with Gasteiger partial charge in [0, 0.05) is 11.6 Å². The van der Waals surface area contributed by atoms with Gasteiger partial charge in [0.05, 0.1) is 5.69 Å². The van der Waals surface area contributed by atoms with Gasteiger partial charge in [-0.2, -0.15) is 0 Å². The van der Waals surface area contributed by atoms with E-state index in [1.807, 2.05) is 4.90 Å². The van der Waals surface area contributed by atoms with E-state index in [2.05, 4.69) is 52.1 Å². The van der Waals surface area contributed by atoms with Gasteiger partial charge in [-0.15, -0.1) is 0 Å². The summed E-state index contributed by atoms with van der Waals surface area (Å²) >= 11 is 0. The average molecular weight is 329 g/mol. The minimum atomic E-state index is -0.162. The quantitative estimate of drug-likeness (QED) is 0.731. The zero-order valence-electron chi connectivity index (χ0n) is 15.9. The molecule has 0 aromatic heterocycles. The highest BCUT2D eigenvalue weighted by Gasteiger charge is 2.41. The first kappa shape index (κ1) is 17.3. The maximum atomic E-state index is 13.2. The van der Waals surface area contributed by atoms with Gasteiger partial charge in [-0.1, -0.05) is 43.9 Å². The summed E-state index contributed by atoms with van der Waals surface area (Å²) in [5.74, 6) is 0.479. The number of nitrogens with one attached hydrogen (secondary N) is 1. The monoisotopic (exact) mass is 328 g/mol. The normalized spacial score (nSPS) is 23.7. The Morgan fingerprint density at radius 3 is 2.50 bits per heavy atom. The van der Waals surface area contributed by atoms with E-state index >= 15 is 0 Å². The number of carbonyl (C=O) groups excluding carboxylic acids is 1. The average Bonchev–Trinajstić information content (AvgIpc) is 2.48. The molecule has 1 aliphatic carbocycles. The molecular weight excluding hydrogens is 296 g/mol. The minimum absolute atomic E-state index is 0.0898. The van der Waals surface area contributed by atoms with Crippen LogP contribution in [0.3, 0.4) is 0 Å². The number of hydrogen-bond donors (Lipinski definition) is 1. The number of carbonyl (C=O) groups is 1. The van der Waals surface area contributed by atoms with Crippen LogP contribution < -0.4 is 10.2 Å². The minimum Gasteiger partial charge on any atom is -0.335 e. The summed E-state index contributed by atoms with van der Waals surface area (Å²) in [4.78, 5) is 15.3. The molecule has 1 atom stereocenters. The first-order valence-electron chi connectivity index (χ1n) is 9.51. The molecule has 0 saturated heterocycles. The van der Waals surface area contributed by atoms with Crippen LogP contribution in [-0.4, -0.2) is 17.6 Å². The van der Waals surface area contributed by atoms with E-state index in [-0.39, 0.29) is 11.6 Å². The molecule has 1 N–H and O–H groups in total. The summed E-state index contributed by atoms with van der Waals surface area (Å²) in [5, 5.41) is 3.33. The third kappa shape index (κ3) is 3.18. The van der Waals surface area contributed by atoms with Crippen LogP contribution in [0.2, 0.25) is 0 Å². The zero-order chi connectivity index (χ0) is 17.5. The Morgan fingerprint density at radius 1 is 1.17 bits per heavy atom. The zero-order valence-corrected chi connectivity index (χ0v) is 15.9. The summed E-state index contributed by atoms with van der Waals surface area (Å²) in [5.41, 5.74) is 4.79. The summed E-state index contributed by atoms with van der Waals surface area (Å²) < 4.78 is 0. The molecule has 24 heavy (non-hydrogen) atoms. The third-order valence-electron chi connectivity index (χ3n) is 5.78. The number of rotatable bonds is 1. The molecule has 3 heteroatoms. The molecule has 1 aliphatic heterocycles. The Balaban J connectivity index is 1.96. The number of hydrogen-bond acceptors (Lipinski definition) is 1. The number of urea groups is 1. The first-order chi connectivity index (χ1) is 11.3. The SMILES string of the molecule is Cc1cc(C)c2c(c1)C(C)CC(C)(C)N2C(=O)NC1CCCCC1. The third-order valence-corrected chi connectivity index (χ3v) is 5.78. The molecule has 0 spiro atoms. The van der Waals surface area contributed by atoms with Crippen LogP contribution >= 0.6 is 0 Å². The smallest absolute Gasteiger partial charge is 0.322 e. The lowest BCUT2D eigenvalue weighted by Gasteiger charge is -2.47. The van der Waals surface area contributed by atoms with Crippen molar-refractivity contribution >= 4 is 11.7 Å². The van der Waals surface area contributed by atoms with Crippen molar-refractivity contribution in [2.75, 3.05) is 4.90 Å². The highest BCUT2D eigenvalue weighted by atomic mass is 16.2. The molecule has 1 aromatic carbocycles. The second kappa shape index (κ2) is 6.42. The second-order valence-electron chi connectivity index (χ2n) is 8.56. The number of anilines is 1. The van der Waals surface area contributed by atoms with Crippen molar-refractivity contribution in [2.45, 2.75) is 90.6 Å². The molecule has 0 bridgehead atoms. The highest BCUT2D eigenvalue weighted by Crippen LogP contribution is 2.45. The fourth-order valence-corrected chi connectivity index (χ4v) is 4.79. The van der Waals surface area contributed by atoms with E-state index in [1.54, 1.807) is 0 Å². The Morgan fingerprint density at radius 2 is 1.83 bits per heavy atom. The van der Waals surface area contributed by atoms with E-state index in [0.29, 0.717) is 12.0 Å². The Bertz CT molecular complexity index is 629. The number of nitrogens with zero attached hydrogens (tertiary/aromatic N) is 1. The van der Waals surface area contributed by atoms with Crippen molar-refractivity contribution in [2.24, 2.45) is 0 Å². The van der Waals surface area contributed by atoms with Gasteiger partial charge >= 0.3 is 6.03 Å². The van der Waals surface area contributed by atoms with Gasteiger partial charge in [-0.25, -0.2) is 4.79 Å². The van der Waals surface area contributed by atoms with E-state index < -0.39 is 0 Å². The molecule has 1 unspecified atom stereocenters. The lowest BCUT2D eigenvalue weighted by Crippen LogP contribution is -2.57. The lowest BCUT2D eigenvalue weighted by atomic mass is 9.78. The summed E-state index contributed by atoms with van der Waals surface area (Å²) in [6.07, 6.45) is 7.02. The standard InChI is InChI=1S/C21H32N2O/c1-14-11-15(2)19-18(12-14)16(3)13-21(4,5)23(19)20(24)22-17-9-7-6-8-10-17/h11-12,16-17H,6-10,13H2,1-5H3,(H,22,24). The van der Waals surface area contributed by atoms with Crippen molar-refractivity contribution in [3.8, 4) is 0 Å². The molecular formula is C21H32N2O. The van der Waals surface area contributed by atoms with Crippen molar-refractivity contribution < 1.29 is 4.79 Å². The van der Waals surface area contributed by atoms with E-state index in [1.165, 1.54) is 36.0 Å². The van der Waals surface area contributed by atoms with Crippen molar-refractivity contribution in [1.29, 1.82) is 0 Å². The lowest BCUT2D eigenvalue weighted by molar-refractivity contribution is 0.228. The largest absolute Gasteiger partial charge is 0.335 e. The van der Waals surface area contributed by atoms with Crippen molar-refractivity contribution in [3.63, 3.8) is 0 Å². The van der Waals surface area contributed by atoms with Gasteiger partial charge in [-0.05, 0) is 64.0 Å². The van der Waals surface area contributed by atoms with Gasteiger partial charge < -0.3 is 5.32 Å². The first-order valence-corrected chi connectivity index (χ1v) is 9.51. The van der Waals surface area contributed by atoms with Crippen LogP contribution in [0.25, 0.3) is 0 Å². The van der Waals surface area contributed by atoms with Crippen LogP contribution in [0.1, 0.15) is 81.9 Å². The molecule has 1 aromatic rings. The number of benzene rings is 1. The molecule has 3 nitrogen and oxygen atoms in total. The van der Waals surface area contributed by atoms with Crippen LogP contribution in [0.15, 0.2) is 12.1 Å². The molecule has 0 radical (unpaired) electrons. The van der Waals surface area contributed by atoms with E-state index in [4.69, 9.17) is 0 Å². The molecule has 1 saturated carbocycles. The maximum Gasteiger partial charge on any atom is 0.322 e. The highest BCUT2D eigenvalue weighted by molar-refractivity contribution is 5.96. The molecule has 2 amide bonds. The maximum absolute atomic E-state index is 13.2. The Kier molecular flexibility index (Phi) is 4.63. The molecule has 3 rings (SSSR count). The number of fused-ring (bicyclic) bond motifs is 1. The van der Waals surface area contributed by atoms with Gasteiger partial charge in [-0.3, -0.25) is 4.90 Å². The van der Waals surface area contributed by atoms with Crippen LogP contribution in [-0.2, 0) is 0 Å². The summed E-state index contributed by atoms with van der Waals surface area (Å²) in [7, 11) is 0. The summed E-state index contributed by atoms with van der Waals surface area (Å²) in [6, 6.07) is 4.90. The van der Waals surface area contributed by atoms with Crippen LogP contribution in [0, 0.1) is 13.8 Å².